The van der Waals surface area contributed by atoms with Crippen molar-refractivity contribution in [2.75, 3.05) is 0 Å². The number of aliphatic hydroxyl groups is 1. The number of hydrogen-bond donors (Lipinski definition) is 2. The Hall–Kier alpha value is -1.02. The quantitative estimate of drug-likeness (QED) is 0.632. The monoisotopic (exact) mass is 292 g/mol. The molecule has 0 saturated carbocycles. The molecule has 0 fully saturated rings. The van der Waals surface area contributed by atoms with Crippen LogP contribution in [0.25, 0.3) is 0 Å². The highest BCUT2D eigenvalue weighted by Crippen LogP contribution is 2.33. The Morgan fingerprint density at radius 2 is 1.86 bits per heavy atom. The second kappa shape index (κ2) is 8.43. The second-order valence-corrected chi connectivity index (χ2v) is 6.93. The van der Waals surface area contributed by atoms with Gasteiger partial charge in [0.15, 0.2) is 0 Å². The molecule has 0 aliphatic rings. The van der Waals surface area contributed by atoms with Gasteiger partial charge >= 0.3 is 0 Å². The Kier molecular flexibility index (Phi) is 7.24. The molecule has 0 bridgehead atoms. The van der Waals surface area contributed by atoms with Crippen molar-refractivity contribution in [1.82, 2.24) is 0 Å². The van der Waals surface area contributed by atoms with Crippen molar-refractivity contribution >= 4 is 0 Å². The third kappa shape index (κ3) is 6.09. The highest BCUT2D eigenvalue weighted by atomic mass is 16.3. The van der Waals surface area contributed by atoms with Crippen LogP contribution in [0.15, 0.2) is 18.2 Å². The molecule has 0 aliphatic carbocycles. The van der Waals surface area contributed by atoms with Crippen molar-refractivity contribution in [3.63, 3.8) is 0 Å². The molecule has 1 atom stereocenters. The van der Waals surface area contributed by atoms with E-state index in [0.717, 1.165) is 18.4 Å². The van der Waals surface area contributed by atoms with E-state index in [4.69, 9.17) is 0 Å². The molecule has 1 rings (SSSR count). The number of hydrogen-bond acceptors (Lipinski definition) is 2. The summed E-state index contributed by atoms with van der Waals surface area (Å²) in [6.45, 7) is 8.52. The topological polar surface area (TPSA) is 40.5 Å². The molecule has 0 amide bonds. The zero-order valence-electron chi connectivity index (χ0n) is 14.2. The summed E-state index contributed by atoms with van der Waals surface area (Å²) in [6.07, 6.45) is 7.34. The first-order valence-corrected chi connectivity index (χ1v) is 8.37. The molecular formula is C19H32O2. The van der Waals surface area contributed by atoms with E-state index in [9.17, 15) is 10.2 Å². The van der Waals surface area contributed by atoms with Crippen LogP contribution in [0.3, 0.4) is 0 Å². The van der Waals surface area contributed by atoms with Crippen LogP contribution in [-0.4, -0.2) is 16.3 Å². The second-order valence-electron chi connectivity index (χ2n) is 6.93. The molecule has 21 heavy (non-hydrogen) atoms. The predicted molar refractivity (Wildman–Crippen MR) is 89.9 cm³/mol. The molecule has 1 unspecified atom stereocenters. The van der Waals surface area contributed by atoms with Gasteiger partial charge in [-0.3, -0.25) is 0 Å². The van der Waals surface area contributed by atoms with Gasteiger partial charge < -0.3 is 10.2 Å². The number of unbranched alkanes of at least 4 members (excludes halogenated alkanes) is 3. The molecule has 0 aliphatic heterocycles. The molecule has 0 radical (unpaired) electrons. The summed E-state index contributed by atoms with van der Waals surface area (Å²) in [5.41, 5.74) is 2.24. The minimum Gasteiger partial charge on any atom is -0.508 e. The molecule has 0 saturated heterocycles. The first-order valence-electron chi connectivity index (χ1n) is 8.37. The van der Waals surface area contributed by atoms with E-state index < -0.39 is 0 Å². The summed E-state index contributed by atoms with van der Waals surface area (Å²) in [6, 6.07) is 6.06. The SMILES string of the molecule is CCCCCCC(C)(C)c1ccc(CCC(C)O)c(O)c1. The van der Waals surface area contributed by atoms with Crippen LogP contribution in [0.5, 0.6) is 5.75 Å². The van der Waals surface area contributed by atoms with E-state index >= 15 is 0 Å². The van der Waals surface area contributed by atoms with Gasteiger partial charge in [0.05, 0.1) is 6.10 Å². The highest BCUT2D eigenvalue weighted by molar-refractivity contribution is 5.39. The Bertz CT molecular complexity index is 422. The standard InChI is InChI=1S/C19H32O2/c1-5-6-7-8-13-19(3,4)17-12-11-16(18(21)14-17)10-9-15(2)20/h11-12,14-15,20-21H,5-10,13H2,1-4H3. The smallest absolute Gasteiger partial charge is 0.119 e. The van der Waals surface area contributed by atoms with Crippen LogP contribution in [0.2, 0.25) is 0 Å². The number of aliphatic hydroxyl groups excluding tert-OH is 1. The van der Waals surface area contributed by atoms with Gasteiger partial charge in [0, 0.05) is 0 Å². The fraction of sp³-hybridized carbons (Fsp3) is 0.684. The average Bonchev–Trinajstić information content (AvgIpc) is 2.42. The van der Waals surface area contributed by atoms with Crippen molar-refractivity contribution in [3.05, 3.63) is 29.3 Å². The molecule has 120 valence electrons. The summed E-state index contributed by atoms with van der Waals surface area (Å²) in [7, 11) is 0. The Labute approximate surface area is 130 Å². The largest absolute Gasteiger partial charge is 0.508 e. The summed E-state index contributed by atoms with van der Waals surface area (Å²) in [4.78, 5) is 0. The summed E-state index contributed by atoms with van der Waals surface area (Å²) < 4.78 is 0. The highest BCUT2D eigenvalue weighted by Gasteiger charge is 2.21. The lowest BCUT2D eigenvalue weighted by Crippen LogP contribution is -2.17. The van der Waals surface area contributed by atoms with Crippen LogP contribution in [0, 0.1) is 0 Å². The molecule has 0 spiro atoms. The third-order valence-corrected chi connectivity index (χ3v) is 4.35. The lowest BCUT2D eigenvalue weighted by molar-refractivity contribution is 0.184. The molecular weight excluding hydrogens is 260 g/mol. The maximum absolute atomic E-state index is 10.2. The minimum absolute atomic E-state index is 0.105. The van der Waals surface area contributed by atoms with E-state index in [1.54, 1.807) is 6.92 Å². The van der Waals surface area contributed by atoms with Gasteiger partial charge in [0.2, 0.25) is 0 Å². The minimum atomic E-state index is -0.320. The summed E-state index contributed by atoms with van der Waals surface area (Å²) in [5.74, 6) is 0.370. The fourth-order valence-electron chi connectivity index (χ4n) is 2.70. The van der Waals surface area contributed by atoms with Crippen molar-refractivity contribution in [2.45, 2.75) is 84.2 Å². The molecule has 0 heterocycles. The molecule has 2 N–H and O–H groups in total. The Morgan fingerprint density at radius 1 is 1.14 bits per heavy atom. The Morgan fingerprint density at radius 3 is 2.43 bits per heavy atom. The van der Waals surface area contributed by atoms with Gasteiger partial charge in [-0.05, 0) is 48.8 Å². The first kappa shape index (κ1) is 18.0. The van der Waals surface area contributed by atoms with Gasteiger partial charge in [0.25, 0.3) is 0 Å². The number of aryl methyl sites for hydroxylation is 1. The molecule has 1 aromatic rings. The van der Waals surface area contributed by atoms with Gasteiger partial charge in [-0.15, -0.1) is 0 Å². The zero-order valence-corrected chi connectivity index (χ0v) is 14.2. The van der Waals surface area contributed by atoms with E-state index in [1.807, 2.05) is 12.1 Å². The lowest BCUT2D eigenvalue weighted by Gasteiger charge is -2.26. The van der Waals surface area contributed by atoms with Crippen molar-refractivity contribution < 1.29 is 10.2 Å². The van der Waals surface area contributed by atoms with Crippen LogP contribution in [0.1, 0.15) is 77.3 Å². The molecule has 2 heteroatoms. The van der Waals surface area contributed by atoms with E-state index in [-0.39, 0.29) is 11.5 Å². The van der Waals surface area contributed by atoms with Gasteiger partial charge in [-0.1, -0.05) is 58.6 Å². The lowest BCUT2D eigenvalue weighted by atomic mass is 9.79. The maximum Gasteiger partial charge on any atom is 0.119 e. The number of phenolic OH excluding ortho intramolecular Hbond substituents is 1. The number of phenols is 1. The van der Waals surface area contributed by atoms with Crippen LogP contribution >= 0.6 is 0 Å². The maximum atomic E-state index is 10.2. The van der Waals surface area contributed by atoms with E-state index in [0.29, 0.717) is 12.2 Å². The van der Waals surface area contributed by atoms with Crippen LogP contribution < -0.4 is 0 Å². The van der Waals surface area contributed by atoms with Crippen LogP contribution in [0.4, 0.5) is 0 Å². The third-order valence-electron chi connectivity index (χ3n) is 4.35. The zero-order chi connectivity index (χ0) is 15.9. The summed E-state index contributed by atoms with van der Waals surface area (Å²) >= 11 is 0. The summed E-state index contributed by atoms with van der Waals surface area (Å²) in [5, 5.41) is 19.5. The predicted octanol–water partition coefficient (Wildman–Crippen LogP) is 4.95. The van der Waals surface area contributed by atoms with Crippen molar-refractivity contribution in [2.24, 2.45) is 0 Å². The Balaban J connectivity index is 2.67. The van der Waals surface area contributed by atoms with E-state index in [1.165, 1.54) is 31.2 Å². The van der Waals surface area contributed by atoms with Gasteiger partial charge in [0.1, 0.15) is 5.75 Å². The normalized spacial score (nSPS) is 13.4. The first-order chi connectivity index (χ1) is 9.86. The average molecular weight is 292 g/mol. The molecule has 1 aromatic carbocycles. The van der Waals surface area contributed by atoms with E-state index in [2.05, 4.69) is 26.8 Å². The fourth-order valence-corrected chi connectivity index (χ4v) is 2.70. The number of rotatable bonds is 9. The number of aromatic hydroxyl groups is 1. The van der Waals surface area contributed by atoms with Crippen molar-refractivity contribution in [1.29, 1.82) is 0 Å². The van der Waals surface area contributed by atoms with Gasteiger partial charge in [-0.25, -0.2) is 0 Å². The number of benzene rings is 1. The molecule has 0 aromatic heterocycles. The van der Waals surface area contributed by atoms with Gasteiger partial charge in [-0.2, -0.15) is 0 Å². The molecule has 2 nitrogen and oxygen atoms in total. The van der Waals surface area contributed by atoms with Crippen LogP contribution in [-0.2, 0) is 11.8 Å². The van der Waals surface area contributed by atoms with Crippen molar-refractivity contribution in [3.8, 4) is 5.75 Å².